The van der Waals surface area contributed by atoms with Crippen LogP contribution in [0.15, 0.2) is 18.2 Å². The van der Waals surface area contributed by atoms with Gasteiger partial charge in [-0.05, 0) is 43.9 Å². The van der Waals surface area contributed by atoms with E-state index in [4.69, 9.17) is 0 Å². The molecule has 0 atom stereocenters. The van der Waals surface area contributed by atoms with Crippen molar-refractivity contribution in [3.63, 3.8) is 0 Å². The van der Waals surface area contributed by atoms with Crippen LogP contribution in [0.4, 0.5) is 5.69 Å². The molecule has 1 aliphatic heterocycles. The molecular weight excluding hydrogens is 286 g/mol. The number of hydrogen-bond acceptors (Lipinski definition) is 3. The lowest BCUT2D eigenvalue weighted by Gasteiger charge is -2.34. The van der Waals surface area contributed by atoms with Crippen LogP contribution in [0.3, 0.4) is 0 Å². The number of benzene rings is 1. The summed E-state index contributed by atoms with van der Waals surface area (Å²) in [5, 5.41) is 3.08. The molecule has 0 radical (unpaired) electrons. The third kappa shape index (κ3) is 5.63. The highest BCUT2D eigenvalue weighted by atomic mass is 16.2. The van der Waals surface area contributed by atoms with Crippen LogP contribution in [0, 0.1) is 19.8 Å². The molecule has 128 valence electrons. The zero-order chi connectivity index (χ0) is 16.8. The fourth-order valence-corrected chi connectivity index (χ4v) is 3.01. The number of piperazine rings is 1. The first-order chi connectivity index (χ1) is 11.0. The SMILES string of the molecule is Cc1cccc(C)c1NC(=O)CN1CCN(CCC(C)C)CC1. The molecule has 0 bridgehead atoms. The lowest BCUT2D eigenvalue weighted by molar-refractivity contribution is -0.117. The van der Waals surface area contributed by atoms with Crippen LogP contribution >= 0.6 is 0 Å². The summed E-state index contributed by atoms with van der Waals surface area (Å²) in [6.45, 7) is 14.4. The average molecular weight is 317 g/mol. The predicted molar refractivity (Wildman–Crippen MR) is 96.9 cm³/mol. The van der Waals surface area contributed by atoms with E-state index in [1.807, 2.05) is 32.0 Å². The number of nitrogens with zero attached hydrogens (tertiary/aromatic N) is 2. The van der Waals surface area contributed by atoms with Crippen molar-refractivity contribution in [1.29, 1.82) is 0 Å². The summed E-state index contributed by atoms with van der Waals surface area (Å²) in [4.78, 5) is 17.1. The summed E-state index contributed by atoms with van der Waals surface area (Å²) >= 11 is 0. The third-order valence-corrected chi connectivity index (χ3v) is 4.60. The second-order valence-electron chi connectivity index (χ2n) is 7.12. The Morgan fingerprint density at radius 2 is 1.65 bits per heavy atom. The number of nitrogens with one attached hydrogen (secondary N) is 1. The van der Waals surface area contributed by atoms with Crippen molar-refractivity contribution in [2.24, 2.45) is 5.92 Å². The topological polar surface area (TPSA) is 35.6 Å². The molecule has 4 nitrogen and oxygen atoms in total. The molecular formula is C19H31N3O. The summed E-state index contributed by atoms with van der Waals surface area (Å²) < 4.78 is 0. The first-order valence-corrected chi connectivity index (χ1v) is 8.76. The largest absolute Gasteiger partial charge is 0.324 e. The standard InChI is InChI=1S/C19H31N3O/c1-15(2)8-9-21-10-12-22(13-11-21)14-18(23)20-19-16(3)6-5-7-17(19)4/h5-7,15H,8-14H2,1-4H3,(H,20,23). The molecule has 1 aliphatic rings. The molecule has 1 saturated heterocycles. The zero-order valence-corrected chi connectivity index (χ0v) is 15.1. The molecule has 23 heavy (non-hydrogen) atoms. The van der Waals surface area contributed by atoms with E-state index in [0.29, 0.717) is 6.54 Å². The molecule has 1 amide bonds. The summed E-state index contributed by atoms with van der Waals surface area (Å²) in [5.74, 6) is 0.856. The van der Waals surface area contributed by atoms with Crippen molar-refractivity contribution in [3.8, 4) is 0 Å². The maximum Gasteiger partial charge on any atom is 0.238 e. The number of para-hydroxylation sites is 1. The summed E-state index contributed by atoms with van der Waals surface area (Å²) in [6, 6.07) is 6.10. The van der Waals surface area contributed by atoms with E-state index in [9.17, 15) is 4.79 Å². The van der Waals surface area contributed by atoms with Gasteiger partial charge in [0, 0.05) is 31.9 Å². The van der Waals surface area contributed by atoms with Crippen molar-refractivity contribution >= 4 is 11.6 Å². The Bertz CT molecular complexity index is 499. The highest BCUT2D eigenvalue weighted by Crippen LogP contribution is 2.19. The summed E-state index contributed by atoms with van der Waals surface area (Å²) in [7, 11) is 0. The van der Waals surface area contributed by atoms with Crippen molar-refractivity contribution in [2.75, 3.05) is 44.6 Å². The molecule has 1 heterocycles. The van der Waals surface area contributed by atoms with Gasteiger partial charge in [0.1, 0.15) is 0 Å². The fourth-order valence-electron chi connectivity index (χ4n) is 3.01. The molecule has 0 aliphatic carbocycles. The van der Waals surface area contributed by atoms with Crippen LogP contribution < -0.4 is 5.32 Å². The minimum Gasteiger partial charge on any atom is -0.324 e. The third-order valence-electron chi connectivity index (χ3n) is 4.60. The minimum absolute atomic E-state index is 0.0954. The van der Waals surface area contributed by atoms with Gasteiger partial charge in [0.2, 0.25) is 5.91 Å². The van der Waals surface area contributed by atoms with Gasteiger partial charge in [-0.3, -0.25) is 9.69 Å². The number of hydrogen-bond donors (Lipinski definition) is 1. The fraction of sp³-hybridized carbons (Fsp3) is 0.632. The van der Waals surface area contributed by atoms with Crippen LogP contribution in [0.2, 0.25) is 0 Å². The number of carbonyl (C=O) groups is 1. The van der Waals surface area contributed by atoms with Gasteiger partial charge in [0.25, 0.3) is 0 Å². The van der Waals surface area contributed by atoms with Crippen molar-refractivity contribution in [2.45, 2.75) is 34.1 Å². The van der Waals surface area contributed by atoms with Gasteiger partial charge < -0.3 is 10.2 Å². The Balaban J connectivity index is 1.77. The molecule has 0 aromatic heterocycles. The first-order valence-electron chi connectivity index (χ1n) is 8.76. The Morgan fingerprint density at radius 3 is 2.22 bits per heavy atom. The Kier molecular flexibility index (Phi) is 6.60. The van der Waals surface area contributed by atoms with Gasteiger partial charge >= 0.3 is 0 Å². The lowest BCUT2D eigenvalue weighted by atomic mass is 10.1. The van der Waals surface area contributed by atoms with E-state index in [0.717, 1.165) is 48.9 Å². The smallest absolute Gasteiger partial charge is 0.238 e. The van der Waals surface area contributed by atoms with Crippen molar-refractivity contribution in [1.82, 2.24) is 9.80 Å². The number of anilines is 1. The number of amides is 1. The van der Waals surface area contributed by atoms with Gasteiger partial charge in [-0.2, -0.15) is 0 Å². The minimum atomic E-state index is 0.0954. The summed E-state index contributed by atoms with van der Waals surface area (Å²) in [6.07, 6.45) is 1.26. The van der Waals surface area contributed by atoms with Crippen LogP contribution in [0.5, 0.6) is 0 Å². The van der Waals surface area contributed by atoms with Crippen LogP contribution in [-0.4, -0.2) is 55.0 Å². The van der Waals surface area contributed by atoms with Crippen molar-refractivity contribution in [3.05, 3.63) is 29.3 Å². The molecule has 1 aromatic carbocycles. The highest BCUT2D eigenvalue weighted by molar-refractivity contribution is 5.93. The normalized spacial score (nSPS) is 16.7. The van der Waals surface area contributed by atoms with E-state index in [2.05, 4.69) is 29.0 Å². The van der Waals surface area contributed by atoms with Crippen LogP contribution in [0.25, 0.3) is 0 Å². The molecule has 0 spiro atoms. The number of rotatable bonds is 6. The highest BCUT2D eigenvalue weighted by Gasteiger charge is 2.19. The Morgan fingerprint density at radius 1 is 1.09 bits per heavy atom. The quantitative estimate of drug-likeness (QED) is 0.876. The number of aryl methyl sites for hydroxylation is 2. The molecule has 2 rings (SSSR count). The molecule has 1 N–H and O–H groups in total. The van der Waals surface area contributed by atoms with Gasteiger partial charge in [-0.25, -0.2) is 0 Å². The predicted octanol–water partition coefficient (Wildman–Crippen LogP) is 2.91. The molecule has 0 saturated carbocycles. The molecule has 0 unspecified atom stereocenters. The second-order valence-corrected chi connectivity index (χ2v) is 7.12. The monoisotopic (exact) mass is 317 g/mol. The van der Waals surface area contributed by atoms with Crippen molar-refractivity contribution < 1.29 is 4.79 Å². The van der Waals surface area contributed by atoms with Gasteiger partial charge in [-0.1, -0.05) is 32.0 Å². The zero-order valence-electron chi connectivity index (χ0n) is 15.1. The van der Waals surface area contributed by atoms with Crippen LogP contribution in [0.1, 0.15) is 31.4 Å². The van der Waals surface area contributed by atoms with E-state index in [1.54, 1.807) is 0 Å². The van der Waals surface area contributed by atoms with E-state index < -0.39 is 0 Å². The Hall–Kier alpha value is -1.39. The van der Waals surface area contributed by atoms with E-state index in [-0.39, 0.29) is 5.91 Å². The van der Waals surface area contributed by atoms with Crippen LogP contribution in [-0.2, 0) is 4.79 Å². The summed E-state index contributed by atoms with van der Waals surface area (Å²) in [5.41, 5.74) is 3.21. The lowest BCUT2D eigenvalue weighted by Crippen LogP contribution is -2.48. The average Bonchev–Trinajstić information content (AvgIpc) is 2.50. The van der Waals surface area contributed by atoms with Gasteiger partial charge in [0.15, 0.2) is 0 Å². The first kappa shape index (κ1) is 18.0. The van der Waals surface area contributed by atoms with E-state index >= 15 is 0 Å². The maximum absolute atomic E-state index is 12.3. The number of carbonyl (C=O) groups excluding carboxylic acids is 1. The van der Waals surface area contributed by atoms with Gasteiger partial charge in [0.05, 0.1) is 6.54 Å². The Labute approximate surface area is 140 Å². The second kappa shape index (κ2) is 8.46. The van der Waals surface area contributed by atoms with Gasteiger partial charge in [-0.15, -0.1) is 0 Å². The maximum atomic E-state index is 12.3. The molecule has 1 fully saturated rings. The molecule has 1 aromatic rings. The van der Waals surface area contributed by atoms with E-state index in [1.165, 1.54) is 13.0 Å². The molecule has 4 heteroatoms.